The van der Waals surface area contributed by atoms with Crippen LogP contribution in [0.5, 0.6) is 0 Å². The molecule has 1 atom stereocenters. The highest BCUT2D eigenvalue weighted by Gasteiger charge is 2.24. The van der Waals surface area contributed by atoms with E-state index in [1.54, 1.807) is 0 Å². The van der Waals surface area contributed by atoms with E-state index in [1.165, 1.54) is 37.2 Å². The number of nitrogens with one attached hydrogen (secondary N) is 1. The maximum Gasteiger partial charge on any atom is 0.0410 e. The normalized spacial score (nSPS) is 19.5. The van der Waals surface area contributed by atoms with Gasteiger partial charge in [-0.3, -0.25) is 4.90 Å². The Morgan fingerprint density at radius 2 is 2.25 bits per heavy atom. The highest BCUT2D eigenvalue weighted by Crippen LogP contribution is 2.26. The summed E-state index contributed by atoms with van der Waals surface area (Å²) in [6.45, 7) is 6.72. The van der Waals surface area contributed by atoms with Crippen LogP contribution in [0, 0.1) is 0 Å². The molecular weight excluding hydrogens is 314 g/mol. The van der Waals surface area contributed by atoms with Crippen LogP contribution in [0.3, 0.4) is 0 Å². The molecule has 4 heteroatoms. The summed E-state index contributed by atoms with van der Waals surface area (Å²) in [6, 6.07) is 7.28. The molecule has 2 rings (SSSR count). The number of hydrogen-bond acceptors (Lipinski definition) is 3. The smallest absolute Gasteiger partial charge is 0.0410 e. The monoisotopic (exact) mass is 339 g/mol. The van der Waals surface area contributed by atoms with Crippen LogP contribution < -0.4 is 10.2 Å². The molecule has 1 aromatic carbocycles. The number of hydrogen-bond donors (Lipinski definition) is 1. The molecule has 0 spiro atoms. The Morgan fingerprint density at radius 3 is 2.95 bits per heavy atom. The second-order valence-electron chi connectivity index (χ2n) is 5.61. The standard InChI is InChI=1S/C16H26BrN3/c1-4-20-9-5-6-15(20)12-19(3)16-8-7-14(17)10-13(16)11-18-2/h7-8,10,15,18H,4-6,9,11-12H2,1-3H3. The summed E-state index contributed by atoms with van der Waals surface area (Å²) in [7, 11) is 4.22. The molecule has 112 valence electrons. The molecule has 0 bridgehead atoms. The Morgan fingerprint density at radius 1 is 1.45 bits per heavy atom. The molecule has 1 aliphatic heterocycles. The van der Waals surface area contributed by atoms with Gasteiger partial charge in [0.2, 0.25) is 0 Å². The molecule has 3 nitrogen and oxygen atoms in total. The Hall–Kier alpha value is -0.580. The van der Waals surface area contributed by atoms with E-state index in [0.29, 0.717) is 6.04 Å². The van der Waals surface area contributed by atoms with Gasteiger partial charge in [0, 0.05) is 36.3 Å². The third-order valence-electron chi connectivity index (χ3n) is 4.21. The Bertz CT molecular complexity index is 436. The van der Waals surface area contributed by atoms with Crippen molar-refractivity contribution in [3.05, 3.63) is 28.2 Å². The van der Waals surface area contributed by atoms with Gasteiger partial charge >= 0.3 is 0 Å². The number of likely N-dealkylation sites (tertiary alicyclic amines) is 1. The Kier molecular flexibility index (Phi) is 5.87. The van der Waals surface area contributed by atoms with Gasteiger partial charge in [-0.25, -0.2) is 0 Å². The van der Waals surface area contributed by atoms with E-state index in [-0.39, 0.29) is 0 Å². The van der Waals surface area contributed by atoms with Crippen LogP contribution in [0.2, 0.25) is 0 Å². The third kappa shape index (κ3) is 3.74. The maximum absolute atomic E-state index is 3.57. The van der Waals surface area contributed by atoms with E-state index in [0.717, 1.165) is 17.6 Å². The molecule has 1 N–H and O–H groups in total. The molecule has 20 heavy (non-hydrogen) atoms. The van der Waals surface area contributed by atoms with Gasteiger partial charge < -0.3 is 10.2 Å². The SMILES string of the molecule is CCN1CCCC1CN(C)c1ccc(Br)cc1CNC. The van der Waals surface area contributed by atoms with Crippen molar-refractivity contribution in [3.8, 4) is 0 Å². The summed E-state index contributed by atoms with van der Waals surface area (Å²) in [4.78, 5) is 5.02. The molecule has 1 aromatic rings. The third-order valence-corrected chi connectivity index (χ3v) is 4.70. The van der Waals surface area contributed by atoms with E-state index >= 15 is 0 Å². The zero-order valence-corrected chi connectivity index (χ0v) is 14.4. The average molecular weight is 340 g/mol. The molecule has 1 unspecified atom stereocenters. The predicted octanol–water partition coefficient (Wildman–Crippen LogP) is 3.09. The summed E-state index contributed by atoms with van der Waals surface area (Å²) < 4.78 is 1.15. The van der Waals surface area contributed by atoms with Crippen molar-refractivity contribution in [2.24, 2.45) is 0 Å². The molecular formula is C16H26BrN3. The van der Waals surface area contributed by atoms with Gasteiger partial charge in [0.1, 0.15) is 0 Å². The molecule has 0 saturated carbocycles. The first-order chi connectivity index (χ1) is 9.65. The summed E-state index contributed by atoms with van der Waals surface area (Å²) in [5.74, 6) is 0. The molecule has 0 aliphatic carbocycles. The summed E-state index contributed by atoms with van der Waals surface area (Å²) in [5.41, 5.74) is 2.69. The van der Waals surface area contributed by atoms with Crippen LogP contribution in [-0.2, 0) is 6.54 Å². The van der Waals surface area contributed by atoms with Gasteiger partial charge in [-0.2, -0.15) is 0 Å². The lowest BCUT2D eigenvalue weighted by Crippen LogP contribution is -2.39. The minimum atomic E-state index is 0.705. The summed E-state index contributed by atoms with van der Waals surface area (Å²) in [6.07, 6.45) is 2.67. The molecule has 1 fully saturated rings. The van der Waals surface area contributed by atoms with E-state index in [4.69, 9.17) is 0 Å². The molecule has 0 aromatic heterocycles. The van der Waals surface area contributed by atoms with Crippen LogP contribution in [0.25, 0.3) is 0 Å². The van der Waals surface area contributed by atoms with Crippen LogP contribution in [0.1, 0.15) is 25.3 Å². The first kappa shape index (κ1) is 15.8. The number of likely N-dealkylation sites (N-methyl/N-ethyl adjacent to an activating group) is 2. The van der Waals surface area contributed by atoms with Crippen LogP contribution in [-0.4, -0.2) is 44.7 Å². The minimum absolute atomic E-state index is 0.705. The molecule has 1 heterocycles. The lowest BCUT2D eigenvalue weighted by atomic mass is 10.1. The number of halogens is 1. The fraction of sp³-hybridized carbons (Fsp3) is 0.625. The molecule has 0 amide bonds. The van der Waals surface area contributed by atoms with Crippen LogP contribution in [0.4, 0.5) is 5.69 Å². The average Bonchev–Trinajstić information content (AvgIpc) is 2.86. The predicted molar refractivity (Wildman–Crippen MR) is 90.4 cm³/mol. The van der Waals surface area contributed by atoms with Gasteiger partial charge in [-0.05, 0) is 56.7 Å². The van der Waals surface area contributed by atoms with Crippen LogP contribution in [0.15, 0.2) is 22.7 Å². The van der Waals surface area contributed by atoms with Crippen molar-refractivity contribution < 1.29 is 0 Å². The summed E-state index contributed by atoms with van der Waals surface area (Å²) in [5, 5.41) is 3.26. The summed E-state index contributed by atoms with van der Waals surface area (Å²) >= 11 is 3.57. The second kappa shape index (κ2) is 7.43. The van der Waals surface area contributed by atoms with Gasteiger partial charge in [-0.15, -0.1) is 0 Å². The first-order valence-electron chi connectivity index (χ1n) is 7.54. The zero-order valence-electron chi connectivity index (χ0n) is 12.8. The van der Waals surface area contributed by atoms with Crippen molar-refractivity contribution in [1.82, 2.24) is 10.2 Å². The van der Waals surface area contributed by atoms with Gasteiger partial charge in [0.15, 0.2) is 0 Å². The lowest BCUT2D eigenvalue weighted by molar-refractivity contribution is 0.270. The maximum atomic E-state index is 3.57. The van der Waals surface area contributed by atoms with Crippen molar-refractivity contribution in [2.45, 2.75) is 32.4 Å². The van der Waals surface area contributed by atoms with Crippen LogP contribution >= 0.6 is 15.9 Å². The number of rotatable bonds is 6. The topological polar surface area (TPSA) is 18.5 Å². The van der Waals surface area contributed by atoms with E-state index in [9.17, 15) is 0 Å². The van der Waals surface area contributed by atoms with Crippen molar-refractivity contribution >= 4 is 21.6 Å². The highest BCUT2D eigenvalue weighted by atomic mass is 79.9. The van der Waals surface area contributed by atoms with Crippen molar-refractivity contribution in [3.63, 3.8) is 0 Å². The molecule has 0 radical (unpaired) electrons. The quantitative estimate of drug-likeness (QED) is 0.859. The van der Waals surface area contributed by atoms with Gasteiger partial charge in [0.05, 0.1) is 0 Å². The fourth-order valence-corrected chi connectivity index (χ4v) is 3.60. The zero-order chi connectivity index (χ0) is 14.5. The number of benzene rings is 1. The van der Waals surface area contributed by atoms with Crippen molar-refractivity contribution in [2.75, 3.05) is 38.6 Å². The lowest BCUT2D eigenvalue weighted by Gasteiger charge is -2.30. The first-order valence-corrected chi connectivity index (χ1v) is 8.33. The minimum Gasteiger partial charge on any atom is -0.373 e. The van der Waals surface area contributed by atoms with E-state index < -0.39 is 0 Å². The van der Waals surface area contributed by atoms with E-state index in [2.05, 4.69) is 63.2 Å². The second-order valence-corrected chi connectivity index (χ2v) is 6.52. The fourth-order valence-electron chi connectivity index (χ4n) is 3.19. The number of anilines is 1. The van der Waals surface area contributed by atoms with Gasteiger partial charge in [0.25, 0.3) is 0 Å². The largest absolute Gasteiger partial charge is 0.373 e. The number of nitrogens with zero attached hydrogens (tertiary/aromatic N) is 2. The highest BCUT2D eigenvalue weighted by molar-refractivity contribution is 9.10. The molecule has 1 aliphatic rings. The van der Waals surface area contributed by atoms with Gasteiger partial charge in [-0.1, -0.05) is 22.9 Å². The Labute approximate surface area is 131 Å². The van der Waals surface area contributed by atoms with E-state index in [1.807, 2.05) is 7.05 Å². The Balaban J connectivity index is 2.10. The van der Waals surface area contributed by atoms with Crippen molar-refractivity contribution in [1.29, 1.82) is 0 Å². The molecule has 1 saturated heterocycles.